The maximum atomic E-state index is 9.48. The molecule has 0 saturated heterocycles. The van der Waals surface area contributed by atoms with Crippen molar-refractivity contribution in [2.75, 3.05) is 6.61 Å². The molecule has 0 aromatic rings. The van der Waals surface area contributed by atoms with Gasteiger partial charge in [-0.25, -0.2) is 0 Å². The number of hydrogen-bond acceptors (Lipinski definition) is 1. The predicted molar refractivity (Wildman–Crippen MR) is 133 cm³/mol. The van der Waals surface area contributed by atoms with Crippen LogP contribution in [0.1, 0.15) is 119 Å². The standard InChI is InChI=1S/C30H52O/c1-20(2)23(16-19-31)10-9-22(4)26-13-14-27-24-11-12-25-21(3)8-7-17-29(25,5)28(24)15-18-30(26,27)6/h20-23,25-26,28,31H,7-19H2,1-6H3/t21-,22-,23+,25?,26-,28+,29+,30-/m1/s1. The Kier molecular flexibility index (Phi) is 7.04. The highest BCUT2D eigenvalue weighted by molar-refractivity contribution is 5.34. The van der Waals surface area contributed by atoms with Gasteiger partial charge in [-0.2, -0.15) is 0 Å². The fourth-order valence-corrected chi connectivity index (χ4v) is 9.64. The maximum Gasteiger partial charge on any atom is 0.0433 e. The molecular weight excluding hydrogens is 376 g/mol. The molecule has 0 aromatic carbocycles. The van der Waals surface area contributed by atoms with E-state index in [1.807, 2.05) is 11.1 Å². The van der Waals surface area contributed by atoms with E-state index in [-0.39, 0.29) is 0 Å². The van der Waals surface area contributed by atoms with Gasteiger partial charge >= 0.3 is 0 Å². The minimum absolute atomic E-state index is 0.356. The molecule has 4 aliphatic rings. The molecule has 0 spiro atoms. The average molecular weight is 429 g/mol. The lowest BCUT2D eigenvalue weighted by Crippen LogP contribution is -2.48. The summed E-state index contributed by atoms with van der Waals surface area (Å²) in [7, 11) is 0. The molecule has 178 valence electrons. The predicted octanol–water partition coefficient (Wildman–Crippen LogP) is 8.42. The fraction of sp³-hybridized carbons (Fsp3) is 0.933. The van der Waals surface area contributed by atoms with Crippen LogP contribution in [0.4, 0.5) is 0 Å². The Morgan fingerprint density at radius 2 is 1.71 bits per heavy atom. The van der Waals surface area contributed by atoms with Crippen LogP contribution in [0.2, 0.25) is 0 Å². The highest BCUT2D eigenvalue weighted by atomic mass is 16.3. The fourth-order valence-electron chi connectivity index (χ4n) is 9.64. The summed E-state index contributed by atoms with van der Waals surface area (Å²) in [6.45, 7) is 15.5. The van der Waals surface area contributed by atoms with Gasteiger partial charge < -0.3 is 5.11 Å². The van der Waals surface area contributed by atoms with Gasteiger partial charge in [-0.15, -0.1) is 0 Å². The van der Waals surface area contributed by atoms with E-state index in [1.165, 1.54) is 70.6 Å². The molecule has 3 fully saturated rings. The van der Waals surface area contributed by atoms with Gasteiger partial charge in [0.2, 0.25) is 0 Å². The van der Waals surface area contributed by atoms with Gasteiger partial charge in [0, 0.05) is 6.61 Å². The van der Waals surface area contributed by atoms with E-state index < -0.39 is 0 Å². The lowest BCUT2D eigenvalue weighted by molar-refractivity contribution is -0.0202. The third kappa shape index (κ3) is 4.08. The molecule has 31 heavy (non-hydrogen) atoms. The minimum Gasteiger partial charge on any atom is -0.396 e. The summed E-state index contributed by atoms with van der Waals surface area (Å²) in [5.41, 5.74) is 5.00. The van der Waals surface area contributed by atoms with E-state index >= 15 is 0 Å². The molecule has 4 aliphatic carbocycles. The minimum atomic E-state index is 0.356. The van der Waals surface area contributed by atoms with Gasteiger partial charge in [0.15, 0.2) is 0 Å². The van der Waals surface area contributed by atoms with Crippen molar-refractivity contribution in [1.82, 2.24) is 0 Å². The first-order valence-electron chi connectivity index (χ1n) is 14.1. The number of hydrogen-bond donors (Lipinski definition) is 1. The Labute approximate surface area is 193 Å². The van der Waals surface area contributed by atoms with Crippen LogP contribution in [0.15, 0.2) is 11.1 Å². The van der Waals surface area contributed by atoms with Gasteiger partial charge in [-0.05, 0) is 110 Å². The summed E-state index contributed by atoms with van der Waals surface area (Å²) in [5.74, 6) is 5.92. The lowest BCUT2D eigenvalue weighted by Gasteiger charge is -2.58. The number of allylic oxidation sites excluding steroid dienone is 2. The van der Waals surface area contributed by atoms with E-state index in [2.05, 4.69) is 41.5 Å². The molecule has 1 N–H and O–H groups in total. The highest BCUT2D eigenvalue weighted by Crippen LogP contribution is 2.66. The molecule has 8 atom stereocenters. The topological polar surface area (TPSA) is 20.2 Å². The van der Waals surface area contributed by atoms with Crippen LogP contribution in [-0.4, -0.2) is 11.7 Å². The SMILES string of the molecule is CC(C)[C@H](CCO)CC[C@@H](C)[C@H]1CCC2=C3CCC4[C@H](C)CCC[C@]4(C)[C@H]3CC[C@@]21C. The van der Waals surface area contributed by atoms with Crippen LogP contribution in [0.5, 0.6) is 0 Å². The van der Waals surface area contributed by atoms with Crippen molar-refractivity contribution >= 4 is 0 Å². The van der Waals surface area contributed by atoms with Crippen molar-refractivity contribution in [1.29, 1.82) is 0 Å². The van der Waals surface area contributed by atoms with E-state index in [1.54, 1.807) is 0 Å². The average Bonchev–Trinajstić information content (AvgIpc) is 3.08. The first kappa shape index (κ1) is 23.8. The molecule has 0 amide bonds. The zero-order valence-electron chi connectivity index (χ0n) is 21.7. The van der Waals surface area contributed by atoms with E-state index in [9.17, 15) is 5.11 Å². The van der Waals surface area contributed by atoms with Crippen LogP contribution >= 0.6 is 0 Å². The Balaban J connectivity index is 1.51. The Bertz CT molecular complexity index is 661. The first-order valence-corrected chi connectivity index (χ1v) is 14.1. The molecule has 0 heterocycles. The van der Waals surface area contributed by atoms with Crippen molar-refractivity contribution in [2.45, 2.75) is 119 Å². The van der Waals surface area contributed by atoms with E-state index in [0.717, 1.165) is 36.0 Å². The van der Waals surface area contributed by atoms with Gasteiger partial charge in [-0.1, -0.05) is 72.0 Å². The van der Waals surface area contributed by atoms with E-state index in [0.29, 0.717) is 29.3 Å². The molecule has 1 nitrogen and oxygen atoms in total. The monoisotopic (exact) mass is 428 g/mol. The largest absolute Gasteiger partial charge is 0.396 e. The first-order chi connectivity index (χ1) is 14.7. The lowest BCUT2D eigenvalue weighted by atomic mass is 9.47. The Morgan fingerprint density at radius 3 is 2.42 bits per heavy atom. The second-order valence-electron chi connectivity index (χ2n) is 13.2. The quantitative estimate of drug-likeness (QED) is 0.403. The molecule has 1 unspecified atom stereocenters. The van der Waals surface area contributed by atoms with Crippen molar-refractivity contribution in [2.24, 2.45) is 52.3 Å². The summed E-state index contributed by atoms with van der Waals surface area (Å²) < 4.78 is 0. The Hall–Kier alpha value is -0.300. The zero-order valence-corrected chi connectivity index (χ0v) is 21.7. The molecule has 0 aromatic heterocycles. The molecule has 4 rings (SSSR count). The highest BCUT2D eigenvalue weighted by Gasteiger charge is 2.55. The van der Waals surface area contributed by atoms with Crippen LogP contribution in [-0.2, 0) is 0 Å². The maximum absolute atomic E-state index is 9.48. The summed E-state index contributed by atoms with van der Waals surface area (Å²) in [6, 6.07) is 0. The summed E-state index contributed by atoms with van der Waals surface area (Å²) in [6.07, 6.45) is 16.7. The zero-order chi connectivity index (χ0) is 22.4. The molecular formula is C30H52O. The summed E-state index contributed by atoms with van der Waals surface area (Å²) >= 11 is 0. The van der Waals surface area contributed by atoms with Crippen LogP contribution in [0.25, 0.3) is 0 Å². The number of aliphatic hydroxyl groups is 1. The summed E-state index contributed by atoms with van der Waals surface area (Å²) in [4.78, 5) is 0. The summed E-state index contributed by atoms with van der Waals surface area (Å²) in [5, 5.41) is 9.48. The van der Waals surface area contributed by atoms with Crippen LogP contribution < -0.4 is 0 Å². The van der Waals surface area contributed by atoms with Gasteiger partial charge in [0.05, 0.1) is 0 Å². The van der Waals surface area contributed by atoms with Gasteiger partial charge in [-0.3, -0.25) is 0 Å². The van der Waals surface area contributed by atoms with Crippen LogP contribution in [0.3, 0.4) is 0 Å². The Morgan fingerprint density at radius 1 is 0.935 bits per heavy atom. The second-order valence-corrected chi connectivity index (χ2v) is 13.2. The van der Waals surface area contributed by atoms with Crippen molar-refractivity contribution in [3.05, 3.63) is 11.1 Å². The number of rotatable bonds is 7. The third-order valence-electron chi connectivity index (χ3n) is 11.5. The smallest absolute Gasteiger partial charge is 0.0433 e. The van der Waals surface area contributed by atoms with Crippen molar-refractivity contribution in [3.8, 4) is 0 Å². The molecule has 0 bridgehead atoms. The van der Waals surface area contributed by atoms with Crippen LogP contribution in [0, 0.1) is 52.3 Å². The van der Waals surface area contributed by atoms with Crippen molar-refractivity contribution in [3.63, 3.8) is 0 Å². The van der Waals surface area contributed by atoms with E-state index in [4.69, 9.17) is 0 Å². The number of fused-ring (bicyclic) bond motifs is 4. The normalized spacial score (nSPS) is 42.2. The van der Waals surface area contributed by atoms with Crippen molar-refractivity contribution < 1.29 is 5.11 Å². The third-order valence-corrected chi connectivity index (χ3v) is 11.5. The molecule has 1 heteroatoms. The molecule has 0 aliphatic heterocycles. The van der Waals surface area contributed by atoms with Gasteiger partial charge in [0.25, 0.3) is 0 Å². The van der Waals surface area contributed by atoms with Gasteiger partial charge in [0.1, 0.15) is 0 Å². The molecule has 0 radical (unpaired) electrons. The molecule has 3 saturated carbocycles. The second kappa shape index (κ2) is 9.15. The number of aliphatic hydroxyl groups excluding tert-OH is 1.